The van der Waals surface area contributed by atoms with Crippen molar-refractivity contribution in [2.75, 3.05) is 0 Å². The van der Waals surface area contributed by atoms with E-state index in [0.717, 1.165) is 6.42 Å². The number of fused-ring (bicyclic) bond motifs is 3. The Morgan fingerprint density at radius 3 is 1.88 bits per heavy atom. The minimum absolute atomic E-state index is 0.175. The van der Waals surface area contributed by atoms with E-state index in [4.69, 9.17) is 0 Å². The van der Waals surface area contributed by atoms with Gasteiger partial charge in [0, 0.05) is 10.6 Å². The Kier molecular flexibility index (Phi) is 3.53. The molecule has 2 unspecified atom stereocenters. The highest BCUT2D eigenvalue weighted by Gasteiger charge is 2.22. The van der Waals surface area contributed by atoms with E-state index in [9.17, 15) is 0 Å². The number of hydrogen-bond donors (Lipinski definition) is 0. The minimum atomic E-state index is -0.183. The second kappa shape index (κ2) is 5.77. The molecular formula is C23H20P2. The zero-order valence-electron chi connectivity index (χ0n) is 14.5. The fourth-order valence-corrected chi connectivity index (χ4v) is 6.87. The fourth-order valence-electron chi connectivity index (χ4n) is 4.09. The first kappa shape index (κ1) is 15.3. The Morgan fingerprint density at radius 2 is 1.24 bits per heavy atom. The quantitative estimate of drug-likeness (QED) is 0.304. The first-order chi connectivity index (χ1) is 12.2. The lowest BCUT2D eigenvalue weighted by molar-refractivity contribution is 1.26. The summed E-state index contributed by atoms with van der Waals surface area (Å²) in [6, 6.07) is 23.0. The summed E-state index contributed by atoms with van der Waals surface area (Å²) < 4.78 is 0. The van der Waals surface area contributed by atoms with Gasteiger partial charge in [-0.3, -0.25) is 0 Å². The normalized spacial score (nSPS) is 13.7. The molecular weight excluding hydrogens is 338 g/mol. The number of benzene rings is 2. The summed E-state index contributed by atoms with van der Waals surface area (Å²) in [7, 11) is -0.358. The van der Waals surface area contributed by atoms with Gasteiger partial charge in [-0.1, -0.05) is 48.5 Å². The number of aryl methyl sites for hydroxylation is 2. The molecule has 0 fully saturated rings. The average Bonchev–Trinajstić information content (AvgIpc) is 3.31. The van der Waals surface area contributed by atoms with Gasteiger partial charge in [0.05, 0.1) is 0 Å². The molecule has 2 aromatic carbocycles. The molecule has 1 aliphatic carbocycles. The van der Waals surface area contributed by atoms with Crippen LogP contribution in [0.1, 0.15) is 11.1 Å². The van der Waals surface area contributed by atoms with Crippen molar-refractivity contribution in [2.24, 2.45) is 13.3 Å². The zero-order valence-corrected chi connectivity index (χ0v) is 16.3. The molecule has 2 atom stereocenters. The second-order valence-electron chi connectivity index (χ2n) is 6.90. The van der Waals surface area contributed by atoms with Crippen molar-refractivity contribution in [2.45, 2.75) is 6.42 Å². The first-order valence-corrected chi connectivity index (χ1v) is 12.4. The third-order valence-corrected chi connectivity index (χ3v) is 8.91. The molecule has 0 nitrogen and oxygen atoms in total. The topological polar surface area (TPSA) is 0 Å². The average molecular weight is 358 g/mol. The Morgan fingerprint density at radius 1 is 0.600 bits per heavy atom. The van der Waals surface area contributed by atoms with Crippen molar-refractivity contribution in [3.63, 3.8) is 0 Å². The molecule has 0 aliphatic heterocycles. The summed E-state index contributed by atoms with van der Waals surface area (Å²) in [5, 5.41) is 3.05. The summed E-state index contributed by atoms with van der Waals surface area (Å²) in [6.07, 6.45) is 1.07. The summed E-state index contributed by atoms with van der Waals surface area (Å²) in [5.74, 6) is 4.73. The van der Waals surface area contributed by atoms with Crippen LogP contribution in [0, 0.1) is 0 Å². The predicted octanol–water partition coefficient (Wildman–Crippen LogP) is 7.64. The minimum Gasteiger partial charge on any atom is -0.120 e. The molecule has 0 radical (unpaired) electrons. The second-order valence-corrected chi connectivity index (χ2v) is 10.9. The number of hydrogen-bond acceptors (Lipinski definition) is 0. The SMILES string of the molecule is Cp1cccc1-c1cc2c(cc1-c1cccp1C)-c1ccccc1C2. The summed E-state index contributed by atoms with van der Waals surface area (Å²) in [6.45, 7) is 4.73. The standard InChI is InChI=1S/C23H20P2/c1-24-11-5-9-22(24)20-14-17-13-16-7-3-4-8-18(16)19(17)15-21(20)23-10-6-12-25(23)2/h3-12,14-15H,13H2,1-2H3. The van der Waals surface area contributed by atoms with Crippen molar-refractivity contribution >= 4 is 15.1 Å². The highest BCUT2D eigenvalue weighted by molar-refractivity contribution is 7.51. The molecule has 0 spiro atoms. The van der Waals surface area contributed by atoms with Crippen molar-refractivity contribution in [1.29, 1.82) is 0 Å². The van der Waals surface area contributed by atoms with E-state index in [1.807, 2.05) is 0 Å². The van der Waals surface area contributed by atoms with Crippen LogP contribution in [0.5, 0.6) is 0 Å². The van der Waals surface area contributed by atoms with Gasteiger partial charge in [-0.05, 0) is 76.9 Å². The zero-order chi connectivity index (χ0) is 17.0. The van der Waals surface area contributed by atoms with Crippen LogP contribution in [0.25, 0.3) is 32.8 Å². The molecule has 0 saturated heterocycles. The van der Waals surface area contributed by atoms with Crippen LogP contribution in [0.15, 0.2) is 72.3 Å². The van der Waals surface area contributed by atoms with Gasteiger partial charge in [0.15, 0.2) is 0 Å². The van der Waals surface area contributed by atoms with Gasteiger partial charge in [-0.25, -0.2) is 0 Å². The third-order valence-electron chi connectivity index (χ3n) is 5.37. The van der Waals surface area contributed by atoms with E-state index in [2.05, 4.69) is 85.6 Å². The smallest absolute Gasteiger partial charge is 0.00155 e. The van der Waals surface area contributed by atoms with E-state index < -0.39 is 0 Å². The molecule has 4 aromatic rings. The molecule has 2 aromatic heterocycles. The van der Waals surface area contributed by atoms with Crippen molar-refractivity contribution < 1.29 is 0 Å². The van der Waals surface area contributed by atoms with Gasteiger partial charge < -0.3 is 0 Å². The van der Waals surface area contributed by atoms with Gasteiger partial charge in [0.1, 0.15) is 0 Å². The van der Waals surface area contributed by atoms with Gasteiger partial charge >= 0.3 is 0 Å². The van der Waals surface area contributed by atoms with Crippen molar-refractivity contribution in [1.82, 2.24) is 0 Å². The maximum Gasteiger partial charge on any atom is 0.00155 e. The van der Waals surface area contributed by atoms with E-state index in [1.165, 1.54) is 44.0 Å². The van der Waals surface area contributed by atoms with Crippen LogP contribution >= 0.6 is 15.1 Å². The molecule has 1 aliphatic rings. The van der Waals surface area contributed by atoms with Gasteiger partial charge in [-0.2, -0.15) is 0 Å². The lowest BCUT2D eigenvalue weighted by atomic mass is 9.96. The maximum absolute atomic E-state index is 2.49. The Labute approximate surface area is 151 Å². The van der Waals surface area contributed by atoms with Crippen molar-refractivity contribution in [3.8, 4) is 32.8 Å². The summed E-state index contributed by atoms with van der Waals surface area (Å²) in [4.78, 5) is 0. The van der Waals surface area contributed by atoms with E-state index in [1.54, 1.807) is 0 Å². The van der Waals surface area contributed by atoms with Gasteiger partial charge in [0.25, 0.3) is 0 Å². The highest BCUT2D eigenvalue weighted by Crippen LogP contribution is 2.51. The molecule has 2 heteroatoms. The van der Waals surface area contributed by atoms with Crippen LogP contribution in [0.3, 0.4) is 0 Å². The Balaban J connectivity index is 1.82. The highest BCUT2D eigenvalue weighted by atomic mass is 31.1. The molecule has 5 rings (SSSR count). The summed E-state index contributed by atoms with van der Waals surface area (Å²) in [5.41, 5.74) is 8.75. The van der Waals surface area contributed by atoms with Crippen LogP contribution in [-0.2, 0) is 19.8 Å². The van der Waals surface area contributed by atoms with Crippen LogP contribution < -0.4 is 0 Å². The fraction of sp³-hybridized carbons (Fsp3) is 0.130. The largest absolute Gasteiger partial charge is 0.120 e. The molecule has 122 valence electrons. The summed E-state index contributed by atoms with van der Waals surface area (Å²) >= 11 is 0. The van der Waals surface area contributed by atoms with E-state index >= 15 is 0 Å². The molecule has 25 heavy (non-hydrogen) atoms. The van der Waals surface area contributed by atoms with Crippen LogP contribution in [0.4, 0.5) is 0 Å². The molecule has 2 heterocycles. The van der Waals surface area contributed by atoms with E-state index in [-0.39, 0.29) is 15.1 Å². The number of rotatable bonds is 2. The van der Waals surface area contributed by atoms with E-state index in [0.29, 0.717) is 0 Å². The van der Waals surface area contributed by atoms with Crippen LogP contribution in [-0.4, -0.2) is 0 Å². The molecule has 0 saturated carbocycles. The monoisotopic (exact) mass is 358 g/mol. The predicted molar refractivity (Wildman–Crippen MR) is 113 cm³/mol. The first-order valence-electron chi connectivity index (χ1n) is 8.71. The lowest BCUT2D eigenvalue weighted by Gasteiger charge is -2.14. The van der Waals surface area contributed by atoms with Crippen molar-refractivity contribution in [3.05, 3.63) is 83.4 Å². The third kappa shape index (κ3) is 2.36. The Bertz CT molecular complexity index is 1090. The van der Waals surface area contributed by atoms with Gasteiger partial charge in [0.2, 0.25) is 0 Å². The molecule has 0 N–H and O–H groups in total. The molecule has 0 amide bonds. The Hall–Kier alpha value is -2.00. The molecule has 0 bridgehead atoms. The lowest BCUT2D eigenvalue weighted by Crippen LogP contribution is -1.87. The maximum atomic E-state index is 2.49. The van der Waals surface area contributed by atoms with Crippen LogP contribution in [0.2, 0.25) is 0 Å². The van der Waals surface area contributed by atoms with Gasteiger partial charge in [-0.15, -0.1) is 15.1 Å².